The molecule has 1 spiro atoms. The van der Waals surface area contributed by atoms with Crippen molar-refractivity contribution in [2.45, 2.75) is 54.4 Å². The summed E-state index contributed by atoms with van der Waals surface area (Å²) < 4.78 is 20.2. The maximum absolute atomic E-state index is 14.3. The molecule has 10 nitrogen and oxygen atoms in total. The predicted octanol–water partition coefficient (Wildman–Crippen LogP) is 3.01. The number of terminal acetylenes is 1. The largest absolute Gasteiger partial charge is 0.461 e. The Labute approximate surface area is 235 Å². The molecule has 3 fully saturated rings. The SMILES string of the molecule is [C-]#[N+]CN(c1nc(OC[C@@]23CCCN2C[C@H](F)C3)nc(N2CC3(C2)SCc2sc(N)c(C#N)c23)n1)C(C)C#C. The molecule has 1 unspecified atom stereocenters. The summed E-state index contributed by atoms with van der Waals surface area (Å²) in [6.07, 6.45) is 7.15. The number of hydrogen-bond acceptors (Lipinski definition) is 11. The molecular weight excluding hydrogens is 537 g/mol. The highest BCUT2D eigenvalue weighted by molar-refractivity contribution is 8.00. The first-order chi connectivity index (χ1) is 18.8. The van der Waals surface area contributed by atoms with E-state index in [-0.39, 0.29) is 35.5 Å². The van der Waals surface area contributed by atoms with Crippen LogP contribution in [0, 0.1) is 30.2 Å². The van der Waals surface area contributed by atoms with Gasteiger partial charge in [0.15, 0.2) is 0 Å². The summed E-state index contributed by atoms with van der Waals surface area (Å²) in [5.74, 6) is 4.17. The number of aromatic nitrogens is 3. The summed E-state index contributed by atoms with van der Waals surface area (Å²) in [5.41, 5.74) is 7.40. The normalized spacial score (nSPS) is 25.3. The monoisotopic (exact) mass is 565 g/mol. The van der Waals surface area contributed by atoms with Gasteiger partial charge < -0.3 is 15.4 Å². The van der Waals surface area contributed by atoms with Gasteiger partial charge >= 0.3 is 6.01 Å². The molecule has 0 radical (unpaired) electrons. The van der Waals surface area contributed by atoms with E-state index in [9.17, 15) is 9.65 Å². The molecule has 0 aromatic carbocycles. The van der Waals surface area contributed by atoms with Crippen LogP contribution in [0.25, 0.3) is 4.85 Å². The van der Waals surface area contributed by atoms with E-state index in [2.05, 4.69) is 31.7 Å². The predicted molar refractivity (Wildman–Crippen MR) is 149 cm³/mol. The van der Waals surface area contributed by atoms with Crippen LogP contribution in [0.3, 0.4) is 0 Å². The van der Waals surface area contributed by atoms with Crippen molar-refractivity contribution in [3.63, 3.8) is 0 Å². The number of nitrogens with two attached hydrogens (primary N) is 1. The Morgan fingerprint density at radius 1 is 1.41 bits per heavy atom. The number of hydrogen-bond donors (Lipinski definition) is 1. The fourth-order valence-electron chi connectivity index (χ4n) is 6.27. The second-order valence-corrected chi connectivity index (χ2v) is 13.1. The van der Waals surface area contributed by atoms with Gasteiger partial charge in [-0.05, 0) is 26.3 Å². The summed E-state index contributed by atoms with van der Waals surface area (Å²) >= 11 is 3.31. The van der Waals surface area contributed by atoms with Gasteiger partial charge in [0.25, 0.3) is 6.67 Å². The number of nitrogens with zero attached hydrogens (tertiary/aromatic N) is 8. The third-order valence-corrected chi connectivity index (χ3v) is 10.9. The van der Waals surface area contributed by atoms with Gasteiger partial charge in [-0.15, -0.1) is 29.5 Å². The average Bonchev–Trinajstić information content (AvgIpc) is 3.62. The van der Waals surface area contributed by atoms with Crippen LogP contribution in [-0.4, -0.2) is 77.1 Å². The fraction of sp³-hybridized carbons (Fsp3) is 0.577. The number of nitrogen functional groups attached to an aromatic ring is 1. The topological polar surface area (TPSA) is 112 Å². The van der Waals surface area contributed by atoms with Gasteiger partial charge in [0.1, 0.15) is 23.8 Å². The maximum atomic E-state index is 14.3. The highest BCUT2D eigenvalue weighted by Gasteiger charge is 2.53. The van der Waals surface area contributed by atoms with Crippen molar-refractivity contribution in [2.75, 3.05) is 55.0 Å². The zero-order valence-corrected chi connectivity index (χ0v) is 23.2. The van der Waals surface area contributed by atoms with Crippen molar-refractivity contribution < 1.29 is 9.13 Å². The zero-order chi connectivity index (χ0) is 27.4. The van der Waals surface area contributed by atoms with Gasteiger partial charge in [0, 0.05) is 42.2 Å². The third kappa shape index (κ3) is 4.22. The van der Waals surface area contributed by atoms with E-state index in [1.807, 2.05) is 23.6 Å². The van der Waals surface area contributed by atoms with Crippen LogP contribution < -0.4 is 20.3 Å². The molecule has 3 atom stereocenters. The lowest BCUT2D eigenvalue weighted by molar-refractivity contribution is 0.107. The number of thiophene rings is 1. The van der Waals surface area contributed by atoms with Gasteiger partial charge in [-0.25, -0.2) is 11.0 Å². The van der Waals surface area contributed by atoms with E-state index in [1.54, 1.807) is 4.90 Å². The molecule has 202 valence electrons. The minimum atomic E-state index is -0.862. The molecule has 0 aliphatic carbocycles. The molecule has 3 saturated heterocycles. The van der Waals surface area contributed by atoms with Gasteiger partial charge in [-0.1, -0.05) is 5.92 Å². The van der Waals surface area contributed by atoms with Gasteiger partial charge in [0.05, 0.1) is 21.9 Å². The Hall–Kier alpha value is -3.31. The Kier molecular flexibility index (Phi) is 6.46. The number of alkyl halides is 1. The first-order valence-corrected chi connectivity index (χ1v) is 14.7. The summed E-state index contributed by atoms with van der Waals surface area (Å²) in [5, 5.41) is 10.3. The minimum Gasteiger partial charge on any atom is -0.461 e. The zero-order valence-electron chi connectivity index (χ0n) is 21.6. The number of anilines is 3. The molecule has 39 heavy (non-hydrogen) atoms. The van der Waals surface area contributed by atoms with Crippen LogP contribution in [0.2, 0.25) is 0 Å². The number of halogens is 1. The maximum Gasteiger partial charge on any atom is 0.323 e. The fourth-order valence-corrected chi connectivity index (χ4v) is 9.08. The van der Waals surface area contributed by atoms with Crippen molar-refractivity contribution in [3.8, 4) is 24.4 Å². The van der Waals surface area contributed by atoms with Crippen molar-refractivity contribution in [1.29, 1.82) is 5.26 Å². The summed E-state index contributed by atoms with van der Waals surface area (Å²) in [7, 11) is 0. The van der Waals surface area contributed by atoms with Crippen LogP contribution in [0.15, 0.2) is 0 Å². The van der Waals surface area contributed by atoms with E-state index in [4.69, 9.17) is 28.4 Å². The van der Waals surface area contributed by atoms with Crippen molar-refractivity contribution >= 4 is 40.0 Å². The number of thioether (sulfide) groups is 1. The van der Waals surface area contributed by atoms with Gasteiger partial charge in [0.2, 0.25) is 11.9 Å². The minimum absolute atomic E-state index is 0.0155. The number of ether oxygens (including phenoxy) is 1. The van der Waals surface area contributed by atoms with Crippen LogP contribution in [0.4, 0.5) is 21.3 Å². The van der Waals surface area contributed by atoms with E-state index < -0.39 is 12.2 Å². The molecule has 6 rings (SSSR count). The molecule has 13 heteroatoms. The molecule has 6 heterocycles. The molecule has 0 saturated carbocycles. The second kappa shape index (κ2) is 9.71. The lowest BCUT2D eigenvalue weighted by Crippen LogP contribution is -2.57. The van der Waals surface area contributed by atoms with E-state index in [0.717, 1.165) is 35.6 Å². The molecule has 2 N–H and O–H groups in total. The number of nitriles is 1. The van der Waals surface area contributed by atoms with Gasteiger partial charge in [-0.3, -0.25) is 14.6 Å². The first-order valence-electron chi connectivity index (χ1n) is 12.9. The van der Waals surface area contributed by atoms with E-state index in [1.165, 1.54) is 11.3 Å². The molecule has 4 aliphatic heterocycles. The Balaban J connectivity index is 1.30. The van der Waals surface area contributed by atoms with Crippen molar-refractivity contribution in [3.05, 3.63) is 27.4 Å². The molecule has 4 aliphatic rings. The Bertz CT molecular complexity index is 1420. The molecule has 2 aromatic heterocycles. The summed E-state index contributed by atoms with van der Waals surface area (Å²) in [6, 6.07) is 2.01. The third-order valence-electron chi connectivity index (χ3n) is 8.24. The highest BCUT2D eigenvalue weighted by atomic mass is 32.2. The standard InChI is InChI=1S/C26H28FN9OS2/c1-4-16(2)36(15-30-3)23-31-22(32-24(33-23)37-14-25-6-5-7-35(25)10-17(27)8-25)34-12-26(13-34)20-18(9-28)21(29)39-19(20)11-38-26/h1,16-17H,5-8,10-15,29H2,2H3/t16?,17-,25+/m1/s1. The average molecular weight is 566 g/mol. The quantitative estimate of drug-likeness (QED) is 0.397. The Morgan fingerprint density at radius 2 is 2.23 bits per heavy atom. The molecule has 2 aromatic rings. The number of rotatable bonds is 7. The molecule has 0 amide bonds. The second-order valence-electron chi connectivity index (χ2n) is 10.6. The smallest absolute Gasteiger partial charge is 0.323 e. The first kappa shape index (κ1) is 25.9. The van der Waals surface area contributed by atoms with E-state index >= 15 is 0 Å². The lowest BCUT2D eigenvalue weighted by Gasteiger charge is -2.47. The molecule has 0 bridgehead atoms. The van der Waals surface area contributed by atoms with E-state index in [0.29, 0.717) is 42.6 Å². The van der Waals surface area contributed by atoms with Crippen molar-refractivity contribution in [2.24, 2.45) is 0 Å². The Morgan fingerprint density at radius 3 is 2.97 bits per heavy atom. The van der Waals surface area contributed by atoms with Crippen LogP contribution >= 0.6 is 23.1 Å². The summed E-state index contributed by atoms with van der Waals surface area (Å²) in [6.45, 7) is 12.0. The van der Waals surface area contributed by atoms with Crippen LogP contribution in [-0.2, 0) is 10.5 Å². The number of fused-ring (bicyclic) bond motifs is 3. The van der Waals surface area contributed by atoms with Crippen molar-refractivity contribution in [1.82, 2.24) is 19.9 Å². The lowest BCUT2D eigenvalue weighted by atomic mass is 9.88. The highest BCUT2D eigenvalue weighted by Crippen LogP contribution is 2.57. The van der Waals surface area contributed by atoms with Crippen LogP contribution in [0.5, 0.6) is 6.01 Å². The summed E-state index contributed by atoms with van der Waals surface area (Å²) in [4.78, 5) is 24.4. The van der Waals surface area contributed by atoms with Gasteiger partial charge in [-0.2, -0.15) is 20.2 Å². The van der Waals surface area contributed by atoms with Crippen LogP contribution in [0.1, 0.15) is 42.2 Å². The molecular formula is C26H28FN9OS2.